The first-order chi connectivity index (χ1) is 11.7. The van der Waals surface area contributed by atoms with Gasteiger partial charge in [0.25, 0.3) is 0 Å². The number of hydrogen-bond acceptors (Lipinski definition) is 5. The highest BCUT2D eigenvalue weighted by Crippen LogP contribution is 2.23. The van der Waals surface area contributed by atoms with Crippen LogP contribution in [0.4, 0.5) is 5.69 Å². The van der Waals surface area contributed by atoms with E-state index >= 15 is 0 Å². The van der Waals surface area contributed by atoms with Gasteiger partial charge in [0.15, 0.2) is 16.7 Å². The standard InChI is InChI=1S/C17H18N4O2S/c1-3-12-6-8-13(9-7-12)18-15(22)11-24-17-20-19-16(21(17)2)14-5-4-10-23-14/h4-10H,3,11H2,1-2H3,(H,18,22). The van der Waals surface area contributed by atoms with Crippen LogP contribution in [0.15, 0.2) is 52.2 Å². The molecule has 3 rings (SSSR count). The van der Waals surface area contributed by atoms with Gasteiger partial charge in [0.1, 0.15) is 0 Å². The summed E-state index contributed by atoms with van der Waals surface area (Å²) in [5.74, 6) is 1.47. The van der Waals surface area contributed by atoms with E-state index in [2.05, 4.69) is 22.4 Å². The van der Waals surface area contributed by atoms with Crippen molar-refractivity contribution >= 4 is 23.4 Å². The highest BCUT2D eigenvalue weighted by atomic mass is 32.2. The number of benzene rings is 1. The van der Waals surface area contributed by atoms with Crippen molar-refractivity contribution in [3.05, 3.63) is 48.2 Å². The number of carbonyl (C=O) groups excluding carboxylic acids is 1. The number of nitrogens with zero attached hydrogens (tertiary/aromatic N) is 3. The van der Waals surface area contributed by atoms with Gasteiger partial charge in [-0.25, -0.2) is 0 Å². The number of rotatable bonds is 6. The third-order valence-corrected chi connectivity index (χ3v) is 4.58. The lowest BCUT2D eigenvalue weighted by atomic mass is 10.1. The number of amides is 1. The lowest BCUT2D eigenvalue weighted by Crippen LogP contribution is -2.14. The van der Waals surface area contributed by atoms with Crippen LogP contribution in [-0.2, 0) is 18.3 Å². The summed E-state index contributed by atoms with van der Waals surface area (Å²) in [7, 11) is 1.85. The van der Waals surface area contributed by atoms with E-state index in [-0.39, 0.29) is 11.7 Å². The van der Waals surface area contributed by atoms with Crippen molar-refractivity contribution in [2.24, 2.45) is 7.05 Å². The minimum atomic E-state index is -0.0770. The van der Waals surface area contributed by atoms with Gasteiger partial charge in [0.05, 0.1) is 12.0 Å². The number of furan rings is 1. The zero-order valence-electron chi connectivity index (χ0n) is 13.5. The maximum atomic E-state index is 12.1. The topological polar surface area (TPSA) is 73.0 Å². The molecule has 0 aliphatic heterocycles. The minimum Gasteiger partial charge on any atom is -0.461 e. The van der Waals surface area contributed by atoms with Crippen molar-refractivity contribution in [2.75, 3.05) is 11.1 Å². The molecule has 0 saturated carbocycles. The number of hydrogen-bond donors (Lipinski definition) is 1. The molecule has 0 atom stereocenters. The van der Waals surface area contributed by atoms with Gasteiger partial charge >= 0.3 is 0 Å². The molecule has 3 aromatic rings. The van der Waals surface area contributed by atoms with Crippen molar-refractivity contribution in [3.8, 4) is 11.6 Å². The fourth-order valence-corrected chi connectivity index (χ4v) is 2.92. The summed E-state index contributed by atoms with van der Waals surface area (Å²) in [6.45, 7) is 2.10. The van der Waals surface area contributed by atoms with Gasteiger partial charge in [0.2, 0.25) is 5.91 Å². The number of thioether (sulfide) groups is 1. The second-order valence-corrected chi connectivity index (χ2v) is 6.17. The summed E-state index contributed by atoms with van der Waals surface area (Å²) < 4.78 is 7.14. The van der Waals surface area contributed by atoms with Crippen LogP contribution in [0.5, 0.6) is 0 Å². The van der Waals surface area contributed by atoms with Gasteiger partial charge in [-0.2, -0.15) is 0 Å². The van der Waals surface area contributed by atoms with Crippen molar-refractivity contribution in [1.29, 1.82) is 0 Å². The van der Waals surface area contributed by atoms with E-state index in [1.54, 1.807) is 12.3 Å². The lowest BCUT2D eigenvalue weighted by molar-refractivity contribution is -0.113. The molecule has 0 fully saturated rings. The third-order valence-electron chi connectivity index (χ3n) is 3.55. The average Bonchev–Trinajstić information content (AvgIpc) is 3.23. The fourth-order valence-electron chi connectivity index (χ4n) is 2.21. The van der Waals surface area contributed by atoms with Gasteiger partial charge in [-0.3, -0.25) is 4.79 Å². The molecule has 2 heterocycles. The summed E-state index contributed by atoms with van der Waals surface area (Å²) in [6, 6.07) is 11.5. The Kier molecular flexibility index (Phi) is 5.00. The number of nitrogens with one attached hydrogen (secondary N) is 1. The van der Waals surface area contributed by atoms with E-state index < -0.39 is 0 Å². The Bertz CT molecular complexity index is 810. The first kappa shape index (κ1) is 16.3. The fraction of sp³-hybridized carbons (Fsp3) is 0.235. The SMILES string of the molecule is CCc1ccc(NC(=O)CSc2nnc(-c3ccco3)n2C)cc1. The number of carbonyl (C=O) groups is 1. The molecule has 1 aromatic carbocycles. The predicted octanol–water partition coefficient (Wildman–Crippen LogP) is 3.37. The molecule has 0 radical (unpaired) electrons. The van der Waals surface area contributed by atoms with Crippen LogP contribution in [0.25, 0.3) is 11.6 Å². The third kappa shape index (κ3) is 3.68. The Morgan fingerprint density at radius 1 is 1.25 bits per heavy atom. The summed E-state index contributed by atoms with van der Waals surface area (Å²) in [4.78, 5) is 12.1. The maximum Gasteiger partial charge on any atom is 0.234 e. The molecule has 0 aliphatic carbocycles. The summed E-state index contributed by atoms with van der Waals surface area (Å²) in [5.41, 5.74) is 2.04. The molecule has 0 spiro atoms. The van der Waals surface area contributed by atoms with Gasteiger partial charge in [0, 0.05) is 12.7 Å². The summed E-state index contributed by atoms with van der Waals surface area (Å²) >= 11 is 1.34. The van der Waals surface area contributed by atoms with Gasteiger partial charge < -0.3 is 14.3 Å². The molecule has 2 aromatic heterocycles. The van der Waals surface area contributed by atoms with Crippen molar-refractivity contribution in [1.82, 2.24) is 14.8 Å². The van der Waals surface area contributed by atoms with Crippen LogP contribution in [-0.4, -0.2) is 26.4 Å². The molecular formula is C17H18N4O2S. The van der Waals surface area contributed by atoms with Gasteiger partial charge in [-0.05, 0) is 36.2 Å². The molecule has 0 bridgehead atoms. The highest BCUT2D eigenvalue weighted by molar-refractivity contribution is 7.99. The normalized spacial score (nSPS) is 10.8. The molecule has 7 heteroatoms. The Labute approximate surface area is 144 Å². The Hall–Kier alpha value is -2.54. The molecule has 24 heavy (non-hydrogen) atoms. The number of aryl methyl sites for hydroxylation is 1. The quantitative estimate of drug-likeness (QED) is 0.695. The lowest BCUT2D eigenvalue weighted by Gasteiger charge is -2.06. The molecule has 1 amide bonds. The van der Waals surface area contributed by atoms with E-state index in [4.69, 9.17) is 4.42 Å². The smallest absolute Gasteiger partial charge is 0.234 e. The first-order valence-corrected chi connectivity index (χ1v) is 8.60. The van der Waals surface area contributed by atoms with Crippen molar-refractivity contribution < 1.29 is 9.21 Å². The largest absolute Gasteiger partial charge is 0.461 e. The predicted molar refractivity (Wildman–Crippen MR) is 93.9 cm³/mol. The molecule has 1 N–H and O–H groups in total. The summed E-state index contributed by atoms with van der Waals surface area (Å²) in [6.07, 6.45) is 2.57. The molecule has 0 saturated heterocycles. The highest BCUT2D eigenvalue weighted by Gasteiger charge is 2.14. The maximum absolute atomic E-state index is 12.1. The Morgan fingerprint density at radius 2 is 2.04 bits per heavy atom. The van der Waals surface area contributed by atoms with Crippen LogP contribution in [0.1, 0.15) is 12.5 Å². The Balaban J connectivity index is 1.58. The molecule has 0 unspecified atom stereocenters. The van der Waals surface area contributed by atoms with E-state index in [0.717, 1.165) is 12.1 Å². The van der Waals surface area contributed by atoms with Crippen LogP contribution >= 0.6 is 11.8 Å². The first-order valence-electron chi connectivity index (χ1n) is 7.62. The number of anilines is 1. The molecule has 124 valence electrons. The van der Waals surface area contributed by atoms with Gasteiger partial charge in [-0.1, -0.05) is 30.8 Å². The number of aromatic nitrogens is 3. The van der Waals surface area contributed by atoms with Crippen LogP contribution in [0.3, 0.4) is 0 Å². The van der Waals surface area contributed by atoms with Crippen LogP contribution < -0.4 is 5.32 Å². The Morgan fingerprint density at radius 3 is 2.71 bits per heavy atom. The van der Waals surface area contributed by atoms with Crippen LogP contribution in [0.2, 0.25) is 0 Å². The van der Waals surface area contributed by atoms with E-state index in [0.29, 0.717) is 16.7 Å². The van der Waals surface area contributed by atoms with Crippen LogP contribution in [0, 0.1) is 0 Å². The molecular weight excluding hydrogens is 324 g/mol. The summed E-state index contributed by atoms with van der Waals surface area (Å²) in [5, 5.41) is 11.8. The second kappa shape index (κ2) is 7.35. The zero-order chi connectivity index (χ0) is 16.9. The van der Waals surface area contributed by atoms with E-state index in [1.807, 2.05) is 41.9 Å². The average molecular weight is 342 g/mol. The van der Waals surface area contributed by atoms with Crippen molar-refractivity contribution in [3.63, 3.8) is 0 Å². The molecule has 0 aliphatic rings. The zero-order valence-corrected chi connectivity index (χ0v) is 14.3. The molecule has 6 nitrogen and oxygen atoms in total. The second-order valence-electron chi connectivity index (χ2n) is 5.23. The van der Waals surface area contributed by atoms with E-state index in [9.17, 15) is 4.79 Å². The van der Waals surface area contributed by atoms with E-state index in [1.165, 1.54) is 17.3 Å². The monoisotopic (exact) mass is 342 g/mol. The van der Waals surface area contributed by atoms with Crippen molar-refractivity contribution in [2.45, 2.75) is 18.5 Å². The minimum absolute atomic E-state index is 0.0770. The van der Waals surface area contributed by atoms with Gasteiger partial charge in [-0.15, -0.1) is 10.2 Å².